The lowest BCUT2D eigenvalue weighted by atomic mass is 10.1. The lowest BCUT2D eigenvalue weighted by molar-refractivity contribution is 0.265. The summed E-state index contributed by atoms with van der Waals surface area (Å²) >= 11 is 5.83. The van der Waals surface area contributed by atoms with E-state index in [-0.39, 0.29) is 25.1 Å². The maximum Gasteiger partial charge on any atom is 0.0621 e. The summed E-state index contributed by atoms with van der Waals surface area (Å²) in [5, 5.41) is 9.30. The molecule has 1 aromatic heterocycles. The van der Waals surface area contributed by atoms with E-state index in [4.69, 9.17) is 22.4 Å². The second kappa shape index (κ2) is 6.16. The number of nitrogens with zero attached hydrogens (tertiary/aromatic N) is 1. The molecular formula is C8H12Cl2N2O. The van der Waals surface area contributed by atoms with Crippen LogP contribution in [0.5, 0.6) is 0 Å². The summed E-state index contributed by atoms with van der Waals surface area (Å²) in [5.41, 5.74) is 6.47. The van der Waals surface area contributed by atoms with Gasteiger partial charge in [0.15, 0.2) is 0 Å². The highest BCUT2D eigenvalue weighted by atomic mass is 35.5. The van der Waals surface area contributed by atoms with Crippen LogP contribution in [0.25, 0.3) is 0 Å². The minimum Gasteiger partial charge on any atom is -0.395 e. The van der Waals surface area contributed by atoms with Gasteiger partial charge in [0.25, 0.3) is 0 Å². The summed E-state index contributed by atoms with van der Waals surface area (Å²) in [6, 6.07) is 1.56. The predicted octanol–water partition coefficient (Wildman–Crippen LogP) is 1.02. The molecule has 1 heterocycles. The zero-order chi connectivity index (χ0) is 8.97. The van der Waals surface area contributed by atoms with E-state index in [1.165, 1.54) is 0 Å². The number of aliphatic hydroxyl groups is 1. The summed E-state index contributed by atoms with van der Waals surface area (Å²) in [4.78, 5) is 3.84. The molecule has 0 fully saturated rings. The van der Waals surface area contributed by atoms with Gasteiger partial charge in [-0.2, -0.15) is 0 Å². The van der Waals surface area contributed by atoms with Crippen molar-refractivity contribution in [3.63, 3.8) is 0 Å². The van der Waals surface area contributed by atoms with Gasteiger partial charge >= 0.3 is 0 Å². The van der Waals surface area contributed by atoms with Crippen LogP contribution in [0.1, 0.15) is 5.56 Å². The van der Waals surface area contributed by atoms with E-state index >= 15 is 0 Å². The molecule has 0 aliphatic carbocycles. The first-order valence-electron chi connectivity index (χ1n) is 3.69. The molecule has 0 aliphatic rings. The second-order valence-corrected chi connectivity index (χ2v) is 3.02. The van der Waals surface area contributed by atoms with Crippen molar-refractivity contribution in [3.05, 3.63) is 29.0 Å². The molecule has 0 saturated heterocycles. The molecule has 0 radical (unpaired) electrons. The van der Waals surface area contributed by atoms with Crippen molar-refractivity contribution in [3.8, 4) is 0 Å². The molecular weight excluding hydrogens is 211 g/mol. The minimum atomic E-state index is -0.245. The third-order valence-corrected chi connectivity index (χ3v) is 1.91. The zero-order valence-electron chi connectivity index (χ0n) is 6.98. The highest BCUT2D eigenvalue weighted by Crippen LogP contribution is 2.14. The number of nitrogens with two attached hydrogens (primary N) is 1. The first-order chi connectivity index (χ1) is 5.74. The lowest BCUT2D eigenvalue weighted by Crippen LogP contribution is -2.26. The van der Waals surface area contributed by atoms with E-state index in [9.17, 15) is 0 Å². The molecule has 1 aromatic rings. The second-order valence-electron chi connectivity index (χ2n) is 2.61. The third kappa shape index (κ3) is 3.91. The summed E-state index contributed by atoms with van der Waals surface area (Å²) < 4.78 is 0. The Hall–Kier alpha value is -0.350. The average molecular weight is 223 g/mol. The van der Waals surface area contributed by atoms with Crippen LogP contribution >= 0.6 is 24.0 Å². The van der Waals surface area contributed by atoms with Crippen molar-refractivity contribution >= 4 is 24.0 Å². The fraction of sp³-hybridized carbons (Fsp3) is 0.375. The maximum absolute atomic E-state index is 8.70. The van der Waals surface area contributed by atoms with Gasteiger partial charge in [0.2, 0.25) is 0 Å². The molecule has 74 valence electrons. The van der Waals surface area contributed by atoms with E-state index in [1.54, 1.807) is 18.5 Å². The normalized spacial score (nSPS) is 11.9. The fourth-order valence-corrected chi connectivity index (χ4v) is 1.11. The van der Waals surface area contributed by atoms with Crippen LogP contribution in [0.3, 0.4) is 0 Å². The van der Waals surface area contributed by atoms with E-state index in [0.717, 1.165) is 5.56 Å². The molecule has 0 aliphatic heterocycles. The number of hydrogen-bond donors (Lipinski definition) is 2. The Balaban J connectivity index is 0.00000144. The van der Waals surface area contributed by atoms with Crippen LogP contribution < -0.4 is 5.73 Å². The number of rotatable bonds is 3. The number of halogens is 2. The van der Waals surface area contributed by atoms with Crippen molar-refractivity contribution in [1.82, 2.24) is 4.98 Å². The average Bonchev–Trinajstić information content (AvgIpc) is 2.09. The Bertz CT molecular complexity index is 258. The zero-order valence-corrected chi connectivity index (χ0v) is 8.55. The number of hydrogen-bond acceptors (Lipinski definition) is 3. The quantitative estimate of drug-likeness (QED) is 0.804. The smallest absolute Gasteiger partial charge is 0.0621 e. The Morgan fingerprint density at radius 3 is 2.85 bits per heavy atom. The Labute approximate surface area is 88.3 Å². The van der Waals surface area contributed by atoms with Crippen LogP contribution in [-0.2, 0) is 6.42 Å². The van der Waals surface area contributed by atoms with Crippen molar-refractivity contribution in [2.24, 2.45) is 5.73 Å². The van der Waals surface area contributed by atoms with Crippen LogP contribution in [0, 0.1) is 0 Å². The van der Waals surface area contributed by atoms with E-state index in [0.29, 0.717) is 11.4 Å². The highest BCUT2D eigenvalue weighted by molar-refractivity contribution is 6.31. The predicted molar refractivity (Wildman–Crippen MR) is 55.3 cm³/mol. The van der Waals surface area contributed by atoms with Gasteiger partial charge in [-0.15, -0.1) is 12.4 Å². The van der Waals surface area contributed by atoms with E-state index in [2.05, 4.69) is 4.98 Å². The molecule has 0 aromatic carbocycles. The van der Waals surface area contributed by atoms with Gasteiger partial charge < -0.3 is 10.8 Å². The number of aliphatic hydroxyl groups excluding tert-OH is 1. The SMILES string of the molecule is Cl.NC(CO)Cc1ccncc1Cl. The summed E-state index contributed by atoms with van der Waals surface area (Å²) in [7, 11) is 0. The standard InChI is InChI=1S/C8H11ClN2O.ClH/c9-8-4-11-2-1-6(8)3-7(10)5-12;/h1-2,4,7,12H,3,5,10H2;1H. The van der Waals surface area contributed by atoms with Crippen LogP contribution in [0.2, 0.25) is 5.02 Å². The van der Waals surface area contributed by atoms with Gasteiger partial charge in [-0.3, -0.25) is 4.98 Å². The lowest BCUT2D eigenvalue weighted by Gasteiger charge is -2.08. The largest absolute Gasteiger partial charge is 0.395 e. The molecule has 1 rings (SSSR count). The molecule has 0 spiro atoms. The first kappa shape index (κ1) is 12.7. The van der Waals surface area contributed by atoms with Crippen molar-refractivity contribution < 1.29 is 5.11 Å². The summed E-state index contributed by atoms with van der Waals surface area (Å²) in [6.07, 6.45) is 3.81. The minimum absolute atomic E-state index is 0. The fourth-order valence-electron chi connectivity index (χ4n) is 0.917. The molecule has 0 amide bonds. The van der Waals surface area contributed by atoms with Gasteiger partial charge in [-0.05, 0) is 18.1 Å². The summed E-state index contributed by atoms with van der Waals surface area (Å²) in [6.45, 7) is -0.0291. The molecule has 1 unspecified atom stereocenters. The van der Waals surface area contributed by atoms with Gasteiger partial charge in [-0.1, -0.05) is 11.6 Å². The van der Waals surface area contributed by atoms with Crippen LogP contribution in [0.15, 0.2) is 18.5 Å². The Morgan fingerprint density at radius 1 is 1.62 bits per heavy atom. The van der Waals surface area contributed by atoms with Gasteiger partial charge in [0, 0.05) is 18.4 Å². The molecule has 0 saturated carbocycles. The van der Waals surface area contributed by atoms with Crippen molar-refractivity contribution in [2.75, 3.05) is 6.61 Å². The number of aromatic nitrogens is 1. The van der Waals surface area contributed by atoms with E-state index < -0.39 is 0 Å². The molecule has 5 heteroatoms. The molecule has 13 heavy (non-hydrogen) atoms. The molecule has 1 atom stereocenters. The van der Waals surface area contributed by atoms with Crippen LogP contribution in [0.4, 0.5) is 0 Å². The van der Waals surface area contributed by atoms with Crippen molar-refractivity contribution in [1.29, 1.82) is 0 Å². The molecule has 3 nitrogen and oxygen atoms in total. The topological polar surface area (TPSA) is 59.1 Å². The molecule has 3 N–H and O–H groups in total. The van der Waals surface area contributed by atoms with Gasteiger partial charge in [0.05, 0.1) is 11.6 Å². The van der Waals surface area contributed by atoms with Gasteiger partial charge in [-0.25, -0.2) is 0 Å². The van der Waals surface area contributed by atoms with Gasteiger partial charge in [0.1, 0.15) is 0 Å². The number of pyridine rings is 1. The highest BCUT2D eigenvalue weighted by Gasteiger charge is 2.04. The molecule has 0 bridgehead atoms. The maximum atomic E-state index is 8.70. The Kier molecular flexibility index (Phi) is 5.99. The third-order valence-electron chi connectivity index (χ3n) is 1.57. The summed E-state index contributed by atoms with van der Waals surface area (Å²) in [5.74, 6) is 0. The first-order valence-corrected chi connectivity index (χ1v) is 4.06. The monoisotopic (exact) mass is 222 g/mol. The van der Waals surface area contributed by atoms with Crippen molar-refractivity contribution in [2.45, 2.75) is 12.5 Å². The van der Waals surface area contributed by atoms with E-state index in [1.807, 2.05) is 0 Å². The Morgan fingerprint density at radius 2 is 2.31 bits per heavy atom. The van der Waals surface area contributed by atoms with Crippen LogP contribution in [-0.4, -0.2) is 22.7 Å².